The number of nitrogens with one attached hydrogen (secondary N) is 1. The van der Waals surface area contributed by atoms with E-state index < -0.39 is 28.5 Å². The van der Waals surface area contributed by atoms with Crippen LogP contribution in [0.5, 0.6) is 5.75 Å². The highest BCUT2D eigenvalue weighted by molar-refractivity contribution is 7.89. The Bertz CT molecular complexity index is 749. The lowest BCUT2D eigenvalue weighted by atomic mass is 9.98. The Kier molecular flexibility index (Phi) is 6.98. The van der Waals surface area contributed by atoms with Crippen LogP contribution in [-0.4, -0.2) is 55.2 Å². The summed E-state index contributed by atoms with van der Waals surface area (Å²) in [6.45, 7) is 1.98. The number of ether oxygens (including phenoxy) is 1. The number of sulfonamides is 1. The average molecular weight is 384 g/mol. The summed E-state index contributed by atoms with van der Waals surface area (Å²) >= 11 is 0. The number of amides is 1. The van der Waals surface area contributed by atoms with E-state index in [1.807, 2.05) is 6.92 Å². The van der Waals surface area contributed by atoms with E-state index in [0.717, 1.165) is 0 Å². The van der Waals surface area contributed by atoms with Crippen LogP contribution in [0.25, 0.3) is 0 Å². The van der Waals surface area contributed by atoms with Crippen molar-refractivity contribution in [2.75, 3.05) is 30.8 Å². The third-order valence-electron chi connectivity index (χ3n) is 4.07. The topological polar surface area (TPSA) is 113 Å². The maximum atomic E-state index is 12.5. The molecule has 0 unspecified atom stereocenters. The van der Waals surface area contributed by atoms with E-state index in [1.165, 1.54) is 10.4 Å². The predicted octanol–water partition coefficient (Wildman–Crippen LogP) is 1.54. The molecule has 144 valence electrons. The first-order chi connectivity index (χ1) is 12.3. The number of aliphatic carboxylic acids is 1. The normalized spacial score (nSPS) is 18.3. The van der Waals surface area contributed by atoms with Crippen LogP contribution >= 0.6 is 0 Å². The zero-order chi connectivity index (χ0) is 19.2. The molecular weight excluding hydrogens is 360 g/mol. The summed E-state index contributed by atoms with van der Waals surface area (Å²) in [4.78, 5) is 23.1. The molecule has 0 aliphatic carbocycles. The number of piperidine rings is 1. The van der Waals surface area contributed by atoms with E-state index >= 15 is 0 Å². The van der Waals surface area contributed by atoms with Crippen molar-refractivity contribution in [3.63, 3.8) is 0 Å². The lowest BCUT2D eigenvalue weighted by Crippen LogP contribution is -2.44. The van der Waals surface area contributed by atoms with Crippen molar-refractivity contribution in [3.8, 4) is 5.75 Å². The molecule has 2 N–H and O–H groups in total. The molecule has 2 rings (SSSR count). The van der Waals surface area contributed by atoms with Crippen LogP contribution < -0.4 is 10.1 Å². The summed E-state index contributed by atoms with van der Waals surface area (Å²) in [6, 6.07) is 6.44. The van der Waals surface area contributed by atoms with E-state index in [1.54, 1.807) is 18.2 Å². The molecule has 1 atom stereocenters. The van der Waals surface area contributed by atoms with Gasteiger partial charge in [0.25, 0.3) is 0 Å². The largest absolute Gasteiger partial charge is 0.482 e. The van der Waals surface area contributed by atoms with Crippen molar-refractivity contribution in [2.45, 2.75) is 26.2 Å². The third-order valence-corrected chi connectivity index (χ3v) is 6.12. The fourth-order valence-corrected chi connectivity index (χ4v) is 4.44. The number of carbonyl (C=O) groups excluding carboxylic acids is 1. The van der Waals surface area contributed by atoms with Crippen LogP contribution in [0.2, 0.25) is 0 Å². The Hall–Kier alpha value is -2.13. The molecule has 0 radical (unpaired) electrons. The van der Waals surface area contributed by atoms with E-state index in [0.29, 0.717) is 37.2 Å². The monoisotopic (exact) mass is 384 g/mol. The summed E-state index contributed by atoms with van der Waals surface area (Å²) in [5.41, 5.74) is 0.478. The smallest absolute Gasteiger partial charge is 0.341 e. The standard InChI is InChI=1S/C17H24N2O6S/c1-2-9-26(23,24)19-8-4-5-13(11-19)17(22)18-14-6-3-7-15(10-14)25-12-16(20)21/h3,6-7,10,13H,2,4-5,8-9,11-12H2,1H3,(H,18,22)(H,20,21)/t13-/m1/s1. The van der Waals surface area contributed by atoms with Crippen molar-refractivity contribution in [1.29, 1.82) is 0 Å². The lowest BCUT2D eigenvalue weighted by molar-refractivity contribution is -0.139. The number of hydrogen-bond donors (Lipinski definition) is 2. The molecule has 1 aliphatic heterocycles. The molecule has 1 aromatic carbocycles. The van der Waals surface area contributed by atoms with Gasteiger partial charge in [-0.25, -0.2) is 17.5 Å². The summed E-state index contributed by atoms with van der Waals surface area (Å²) in [5, 5.41) is 11.4. The number of carboxylic acid groups (broad SMARTS) is 1. The fraction of sp³-hybridized carbons (Fsp3) is 0.529. The first kappa shape index (κ1) is 20.2. The van der Waals surface area contributed by atoms with Crippen LogP contribution in [-0.2, 0) is 19.6 Å². The van der Waals surface area contributed by atoms with Gasteiger partial charge in [0, 0.05) is 24.8 Å². The predicted molar refractivity (Wildman–Crippen MR) is 96.6 cm³/mol. The number of carbonyl (C=O) groups is 2. The van der Waals surface area contributed by atoms with Crippen LogP contribution in [0.3, 0.4) is 0 Å². The SMILES string of the molecule is CCCS(=O)(=O)N1CCC[C@@H](C(=O)Nc2cccc(OCC(=O)O)c2)C1. The minimum atomic E-state index is -3.32. The lowest BCUT2D eigenvalue weighted by Gasteiger charge is -2.31. The van der Waals surface area contributed by atoms with Crippen molar-refractivity contribution in [1.82, 2.24) is 4.31 Å². The van der Waals surface area contributed by atoms with E-state index in [9.17, 15) is 18.0 Å². The van der Waals surface area contributed by atoms with Gasteiger partial charge in [-0.15, -0.1) is 0 Å². The van der Waals surface area contributed by atoms with Gasteiger partial charge in [0.05, 0.1) is 11.7 Å². The van der Waals surface area contributed by atoms with Crippen LogP contribution in [0, 0.1) is 5.92 Å². The first-order valence-corrected chi connectivity index (χ1v) is 10.2. The molecule has 1 saturated heterocycles. The van der Waals surface area contributed by atoms with E-state index in [4.69, 9.17) is 9.84 Å². The summed E-state index contributed by atoms with van der Waals surface area (Å²) in [6.07, 6.45) is 1.81. The number of benzene rings is 1. The Morgan fingerprint density at radius 3 is 2.85 bits per heavy atom. The second kappa shape index (κ2) is 9.00. The molecule has 8 nitrogen and oxygen atoms in total. The molecular formula is C17H24N2O6S. The number of hydrogen-bond acceptors (Lipinski definition) is 5. The quantitative estimate of drug-likeness (QED) is 0.703. The highest BCUT2D eigenvalue weighted by Crippen LogP contribution is 2.23. The molecule has 1 aromatic rings. The molecule has 0 spiro atoms. The second-order valence-electron chi connectivity index (χ2n) is 6.21. The average Bonchev–Trinajstić information content (AvgIpc) is 2.60. The second-order valence-corrected chi connectivity index (χ2v) is 8.30. The van der Waals surface area contributed by atoms with Crippen molar-refractivity contribution in [2.24, 2.45) is 5.92 Å². The van der Waals surface area contributed by atoms with Gasteiger partial charge in [-0.3, -0.25) is 4.79 Å². The first-order valence-electron chi connectivity index (χ1n) is 8.55. The molecule has 0 aromatic heterocycles. The zero-order valence-corrected chi connectivity index (χ0v) is 15.5. The number of anilines is 1. The van der Waals surface area contributed by atoms with Crippen molar-refractivity contribution < 1.29 is 27.9 Å². The minimum Gasteiger partial charge on any atom is -0.482 e. The third kappa shape index (κ3) is 5.70. The molecule has 1 amide bonds. The fourth-order valence-electron chi connectivity index (χ4n) is 2.85. The van der Waals surface area contributed by atoms with Crippen LogP contribution in [0.1, 0.15) is 26.2 Å². The maximum Gasteiger partial charge on any atom is 0.341 e. The van der Waals surface area contributed by atoms with E-state index in [2.05, 4.69) is 5.32 Å². The van der Waals surface area contributed by atoms with Crippen LogP contribution in [0.15, 0.2) is 24.3 Å². The van der Waals surface area contributed by atoms with Gasteiger partial charge in [-0.05, 0) is 31.4 Å². The summed E-state index contributed by atoms with van der Waals surface area (Å²) in [5.74, 6) is -1.34. The molecule has 1 heterocycles. The number of rotatable bonds is 8. The van der Waals surface area contributed by atoms with E-state index in [-0.39, 0.29) is 18.2 Å². The van der Waals surface area contributed by atoms with Gasteiger partial charge in [0.1, 0.15) is 5.75 Å². The van der Waals surface area contributed by atoms with Crippen molar-refractivity contribution in [3.05, 3.63) is 24.3 Å². The Balaban J connectivity index is 1.99. The highest BCUT2D eigenvalue weighted by Gasteiger charge is 2.31. The highest BCUT2D eigenvalue weighted by atomic mass is 32.2. The van der Waals surface area contributed by atoms with Gasteiger partial charge < -0.3 is 15.2 Å². The maximum absolute atomic E-state index is 12.5. The molecule has 9 heteroatoms. The number of nitrogens with zero attached hydrogens (tertiary/aromatic N) is 1. The molecule has 0 bridgehead atoms. The van der Waals surface area contributed by atoms with Gasteiger partial charge in [0.15, 0.2) is 6.61 Å². The number of carboxylic acids is 1. The van der Waals surface area contributed by atoms with Crippen LogP contribution in [0.4, 0.5) is 5.69 Å². The Labute approximate surface area is 153 Å². The van der Waals surface area contributed by atoms with Crippen molar-refractivity contribution >= 4 is 27.6 Å². The van der Waals surface area contributed by atoms with Gasteiger partial charge in [0.2, 0.25) is 15.9 Å². The molecule has 1 aliphatic rings. The molecule has 0 saturated carbocycles. The minimum absolute atomic E-state index is 0.0876. The summed E-state index contributed by atoms with van der Waals surface area (Å²) in [7, 11) is -3.32. The van der Waals surface area contributed by atoms with Gasteiger partial charge in [-0.1, -0.05) is 13.0 Å². The van der Waals surface area contributed by atoms with Gasteiger partial charge in [-0.2, -0.15) is 0 Å². The zero-order valence-electron chi connectivity index (χ0n) is 14.7. The molecule has 26 heavy (non-hydrogen) atoms. The molecule has 1 fully saturated rings. The Morgan fingerprint density at radius 2 is 2.15 bits per heavy atom. The summed E-state index contributed by atoms with van der Waals surface area (Å²) < 4.78 is 30.9. The Morgan fingerprint density at radius 1 is 1.38 bits per heavy atom. The van der Waals surface area contributed by atoms with Gasteiger partial charge >= 0.3 is 5.97 Å².